The SMILES string of the molecule is CC(C)Oc1nc(C(F)(F)F)ccc1C(N)=O. The van der Waals surface area contributed by atoms with Gasteiger partial charge in [-0.05, 0) is 26.0 Å². The van der Waals surface area contributed by atoms with Crippen LogP contribution in [-0.4, -0.2) is 17.0 Å². The van der Waals surface area contributed by atoms with Gasteiger partial charge in [-0.2, -0.15) is 13.2 Å². The van der Waals surface area contributed by atoms with Crippen LogP contribution < -0.4 is 10.5 Å². The average Bonchev–Trinajstić information content (AvgIpc) is 2.14. The van der Waals surface area contributed by atoms with E-state index in [2.05, 4.69) is 4.98 Å². The zero-order valence-corrected chi connectivity index (χ0v) is 9.21. The van der Waals surface area contributed by atoms with Gasteiger partial charge in [-0.1, -0.05) is 0 Å². The number of hydrogen-bond donors (Lipinski definition) is 1. The molecule has 0 fully saturated rings. The minimum atomic E-state index is -4.59. The zero-order valence-electron chi connectivity index (χ0n) is 9.21. The summed E-state index contributed by atoms with van der Waals surface area (Å²) in [6.45, 7) is 3.21. The number of nitrogens with two attached hydrogens (primary N) is 1. The van der Waals surface area contributed by atoms with Crippen molar-refractivity contribution in [1.82, 2.24) is 4.98 Å². The molecule has 7 heteroatoms. The number of amides is 1. The maximum atomic E-state index is 12.4. The number of hydrogen-bond acceptors (Lipinski definition) is 3. The van der Waals surface area contributed by atoms with Gasteiger partial charge in [0.1, 0.15) is 11.3 Å². The summed E-state index contributed by atoms with van der Waals surface area (Å²) in [6, 6.07) is 1.64. The second-order valence-corrected chi connectivity index (χ2v) is 3.58. The summed E-state index contributed by atoms with van der Waals surface area (Å²) in [5.41, 5.74) is 3.71. The zero-order chi connectivity index (χ0) is 13.2. The molecule has 2 N–H and O–H groups in total. The Morgan fingerprint density at radius 3 is 2.41 bits per heavy atom. The number of rotatable bonds is 3. The van der Waals surface area contributed by atoms with E-state index in [-0.39, 0.29) is 5.56 Å². The molecular formula is C10H11F3N2O2. The molecule has 0 spiro atoms. The molecule has 1 amide bonds. The van der Waals surface area contributed by atoms with E-state index in [1.54, 1.807) is 13.8 Å². The third-order valence-corrected chi connectivity index (χ3v) is 1.76. The van der Waals surface area contributed by atoms with E-state index in [9.17, 15) is 18.0 Å². The molecule has 17 heavy (non-hydrogen) atoms. The summed E-state index contributed by atoms with van der Waals surface area (Å²) in [7, 11) is 0. The molecule has 0 atom stereocenters. The Kier molecular flexibility index (Phi) is 3.59. The fraction of sp³-hybridized carbons (Fsp3) is 0.400. The third kappa shape index (κ3) is 3.33. The standard InChI is InChI=1S/C10H11F3N2O2/c1-5(2)17-9-6(8(14)16)3-4-7(15-9)10(11,12)13/h3-5H,1-2H3,(H2,14,16). The molecule has 1 aromatic rings. The number of alkyl halides is 3. The highest BCUT2D eigenvalue weighted by molar-refractivity contribution is 5.95. The highest BCUT2D eigenvalue weighted by Crippen LogP contribution is 2.30. The summed E-state index contributed by atoms with van der Waals surface area (Å²) in [5.74, 6) is -1.29. The van der Waals surface area contributed by atoms with E-state index in [1.165, 1.54) is 0 Å². The van der Waals surface area contributed by atoms with Crippen LogP contribution in [0.3, 0.4) is 0 Å². The van der Waals surface area contributed by atoms with Crippen LogP contribution in [0.15, 0.2) is 12.1 Å². The number of carbonyl (C=O) groups excluding carboxylic acids is 1. The van der Waals surface area contributed by atoms with Crippen LogP contribution in [0.4, 0.5) is 13.2 Å². The third-order valence-electron chi connectivity index (χ3n) is 1.76. The summed E-state index contributed by atoms with van der Waals surface area (Å²) < 4.78 is 42.2. The molecule has 0 aromatic carbocycles. The highest BCUT2D eigenvalue weighted by atomic mass is 19.4. The van der Waals surface area contributed by atoms with Crippen molar-refractivity contribution < 1.29 is 22.7 Å². The molecule has 1 heterocycles. The Balaban J connectivity index is 3.24. The summed E-state index contributed by atoms with van der Waals surface area (Å²) in [6.07, 6.45) is -5.00. The first-order valence-corrected chi connectivity index (χ1v) is 4.76. The van der Waals surface area contributed by atoms with Crippen molar-refractivity contribution >= 4 is 5.91 Å². The van der Waals surface area contributed by atoms with Gasteiger partial charge >= 0.3 is 6.18 Å². The van der Waals surface area contributed by atoms with Gasteiger partial charge < -0.3 is 10.5 Å². The lowest BCUT2D eigenvalue weighted by Gasteiger charge is -2.13. The Morgan fingerprint density at radius 2 is 2.00 bits per heavy atom. The van der Waals surface area contributed by atoms with Crippen molar-refractivity contribution in [2.24, 2.45) is 5.73 Å². The Bertz CT molecular complexity index is 430. The fourth-order valence-corrected chi connectivity index (χ4v) is 1.10. The molecule has 0 unspecified atom stereocenters. The van der Waals surface area contributed by atoms with Crippen LogP contribution in [0.5, 0.6) is 5.88 Å². The van der Waals surface area contributed by atoms with Gasteiger partial charge in [0.15, 0.2) is 0 Å². The topological polar surface area (TPSA) is 65.2 Å². The van der Waals surface area contributed by atoms with Crippen LogP contribution in [0.25, 0.3) is 0 Å². The number of primary amides is 1. The van der Waals surface area contributed by atoms with E-state index in [1.807, 2.05) is 0 Å². The van der Waals surface area contributed by atoms with E-state index in [0.717, 1.165) is 6.07 Å². The molecule has 0 radical (unpaired) electrons. The Labute approximate surface area is 95.6 Å². The number of aromatic nitrogens is 1. The molecule has 0 aliphatic carbocycles. The summed E-state index contributed by atoms with van der Waals surface area (Å²) >= 11 is 0. The molecular weight excluding hydrogens is 237 g/mol. The second kappa shape index (κ2) is 4.60. The Hall–Kier alpha value is -1.79. The predicted molar refractivity (Wildman–Crippen MR) is 53.5 cm³/mol. The second-order valence-electron chi connectivity index (χ2n) is 3.58. The van der Waals surface area contributed by atoms with Crippen LogP contribution in [0.1, 0.15) is 29.9 Å². The summed E-state index contributed by atoms with van der Waals surface area (Å²) in [4.78, 5) is 14.2. The maximum absolute atomic E-state index is 12.4. The molecule has 1 rings (SSSR count). The van der Waals surface area contributed by atoms with E-state index < -0.39 is 29.8 Å². The van der Waals surface area contributed by atoms with Crippen LogP contribution in [-0.2, 0) is 6.18 Å². The van der Waals surface area contributed by atoms with Gasteiger partial charge in [-0.15, -0.1) is 0 Å². The molecule has 1 aromatic heterocycles. The lowest BCUT2D eigenvalue weighted by atomic mass is 10.2. The number of halogens is 3. The van der Waals surface area contributed by atoms with Gasteiger partial charge in [0.25, 0.3) is 5.91 Å². The minimum absolute atomic E-state index is 0.174. The molecule has 94 valence electrons. The normalized spacial score (nSPS) is 11.6. The predicted octanol–water partition coefficient (Wildman–Crippen LogP) is 1.99. The van der Waals surface area contributed by atoms with E-state index >= 15 is 0 Å². The van der Waals surface area contributed by atoms with Crippen molar-refractivity contribution in [2.75, 3.05) is 0 Å². The van der Waals surface area contributed by atoms with Crippen molar-refractivity contribution in [3.63, 3.8) is 0 Å². The van der Waals surface area contributed by atoms with Crippen LogP contribution in [0.2, 0.25) is 0 Å². The monoisotopic (exact) mass is 248 g/mol. The average molecular weight is 248 g/mol. The van der Waals surface area contributed by atoms with Gasteiger partial charge in [0.2, 0.25) is 5.88 Å². The quantitative estimate of drug-likeness (QED) is 0.889. The number of ether oxygens (including phenoxy) is 1. The molecule has 0 aliphatic rings. The van der Waals surface area contributed by atoms with Crippen molar-refractivity contribution in [1.29, 1.82) is 0 Å². The highest BCUT2D eigenvalue weighted by Gasteiger charge is 2.33. The number of pyridine rings is 1. The van der Waals surface area contributed by atoms with Gasteiger partial charge in [-0.3, -0.25) is 4.79 Å². The molecule has 0 saturated heterocycles. The van der Waals surface area contributed by atoms with Crippen molar-refractivity contribution in [3.05, 3.63) is 23.4 Å². The maximum Gasteiger partial charge on any atom is 0.433 e. The first kappa shape index (κ1) is 13.3. The lowest BCUT2D eigenvalue weighted by molar-refractivity contribution is -0.141. The molecule has 0 bridgehead atoms. The van der Waals surface area contributed by atoms with Gasteiger partial charge in [-0.25, -0.2) is 4.98 Å². The largest absolute Gasteiger partial charge is 0.474 e. The Morgan fingerprint density at radius 1 is 1.41 bits per heavy atom. The first-order valence-electron chi connectivity index (χ1n) is 4.76. The number of nitrogens with zero attached hydrogens (tertiary/aromatic N) is 1. The van der Waals surface area contributed by atoms with Crippen molar-refractivity contribution in [2.45, 2.75) is 26.1 Å². The number of carbonyl (C=O) groups is 1. The first-order chi connectivity index (χ1) is 7.71. The molecule has 0 saturated carbocycles. The minimum Gasteiger partial charge on any atom is -0.474 e. The van der Waals surface area contributed by atoms with E-state index in [4.69, 9.17) is 10.5 Å². The molecule has 4 nitrogen and oxygen atoms in total. The van der Waals surface area contributed by atoms with Crippen molar-refractivity contribution in [3.8, 4) is 5.88 Å². The smallest absolute Gasteiger partial charge is 0.433 e. The van der Waals surface area contributed by atoms with Gasteiger partial charge in [0.05, 0.1) is 6.10 Å². The van der Waals surface area contributed by atoms with E-state index in [0.29, 0.717) is 6.07 Å². The van der Waals surface area contributed by atoms with Crippen LogP contribution >= 0.6 is 0 Å². The van der Waals surface area contributed by atoms with Gasteiger partial charge in [0, 0.05) is 0 Å². The summed E-state index contributed by atoms with van der Waals surface area (Å²) in [5, 5.41) is 0. The van der Waals surface area contributed by atoms with Crippen LogP contribution in [0, 0.1) is 0 Å². The lowest BCUT2D eigenvalue weighted by Crippen LogP contribution is -2.19. The fourth-order valence-electron chi connectivity index (χ4n) is 1.10. The molecule has 0 aliphatic heterocycles.